The number of halogens is 6. The van der Waals surface area contributed by atoms with Crippen LogP contribution in [0, 0.1) is 0 Å². The quantitative estimate of drug-likeness (QED) is 0.339. The van der Waals surface area contributed by atoms with E-state index in [9.17, 15) is 9.90 Å². The number of hydrogen-bond donors (Lipinski definition) is 0. The molecule has 0 aromatic carbocycles. The van der Waals surface area contributed by atoms with Crippen molar-refractivity contribution < 1.29 is 61.3 Å². The summed E-state index contributed by atoms with van der Waals surface area (Å²) in [5.41, 5.74) is 0. The molecule has 0 amide bonds. The average molecular weight is 417 g/mol. The normalized spacial score (nSPS) is 13.0. The Labute approximate surface area is 186 Å². The van der Waals surface area contributed by atoms with Crippen molar-refractivity contribution >= 4 is 75.6 Å². The van der Waals surface area contributed by atoms with Gasteiger partial charge in [0.1, 0.15) is 0 Å². The largest absolute Gasteiger partial charge is 1.00 e. The third-order valence-electron chi connectivity index (χ3n) is 2.45. The van der Waals surface area contributed by atoms with Crippen molar-refractivity contribution in [3.05, 3.63) is 0 Å². The molecule has 0 heterocycles. The predicted octanol–water partition coefficient (Wildman–Crippen LogP) is 1.23. The van der Waals surface area contributed by atoms with Crippen molar-refractivity contribution in [1.82, 2.24) is 0 Å². The van der Waals surface area contributed by atoms with E-state index in [4.69, 9.17) is 69.6 Å². The van der Waals surface area contributed by atoms with Crippen molar-refractivity contribution in [2.75, 3.05) is 0 Å². The molecule has 0 unspecified atom stereocenters. The second-order valence-electron chi connectivity index (χ2n) is 3.95. The summed E-state index contributed by atoms with van der Waals surface area (Å²) in [4.78, 5) is 10.8. The van der Waals surface area contributed by atoms with Crippen LogP contribution in [0.15, 0.2) is 0 Å². The fourth-order valence-electron chi connectivity index (χ4n) is 1.29. The zero-order valence-corrected chi connectivity index (χ0v) is 18.3. The fraction of sp³-hybridized carbons (Fsp3) is 0.900. The van der Waals surface area contributed by atoms with Gasteiger partial charge in [-0.15, -0.1) is 0 Å². The molecule has 19 heavy (non-hydrogen) atoms. The van der Waals surface area contributed by atoms with Gasteiger partial charge in [0, 0.05) is 0 Å². The molecule has 0 saturated carbocycles. The van der Waals surface area contributed by atoms with Crippen LogP contribution in [0.1, 0.15) is 39.0 Å². The molecule has 0 spiro atoms. The molecule has 9 heteroatoms. The van der Waals surface area contributed by atoms with Crippen LogP contribution in [0.2, 0.25) is 0 Å². The number of unbranched alkanes of at least 4 members (excludes halogenated alkanes) is 3. The molecular weight excluding hydrogens is 404 g/mol. The number of alkyl halides is 6. The van der Waals surface area contributed by atoms with E-state index < -0.39 is 19.0 Å². The maximum absolute atomic E-state index is 10.8. The number of carbonyl (C=O) groups is 1. The van der Waals surface area contributed by atoms with Gasteiger partial charge in [-0.1, -0.05) is 102 Å². The molecule has 0 N–H and O–H groups in total. The van der Waals surface area contributed by atoms with Crippen LogP contribution in [0.3, 0.4) is 0 Å². The van der Waals surface area contributed by atoms with E-state index in [0.717, 1.165) is 19.3 Å². The number of carbonyl (C=O) groups excluding carboxylic acids is 1. The molecule has 0 saturated heterocycles. The van der Waals surface area contributed by atoms with Gasteiger partial charge >= 0.3 is 51.4 Å². The number of carboxylic acids is 1. The first-order valence-corrected chi connectivity index (χ1v) is 7.62. The van der Waals surface area contributed by atoms with Crippen LogP contribution in [0.5, 0.6) is 0 Å². The summed E-state index contributed by atoms with van der Waals surface area (Å²) in [6.07, 6.45) is 3.67. The Morgan fingerprint density at radius 1 is 1.00 bits per heavy atom. The van der Waals surface area contributed by atoms with Gasteiger partial charge in [0.25, 0.3) is 0 Å². The van der Waals surface area contributed by atoms with Crippen LogP contribution in [0.4, 0.5) is 0 Å². The van der Waals surface area contributed by atoms with E-state index in [1.54, 1.807) is 0 Å². The molecule has 0 bridgehead atoms. The number of hydrogen-bond acceptors (Lipinski definition) is 2. The van der Waals surface area contributed by atoms with Gasteiger partial charge in [0.2, 0.25) is 0 Å². The first-order chi connectivity index (χ1) is 8.00. The second kappa shape index (κ2) is 9.87. The van der Waals surface area contributed by atoms with Gasteiger partial charge in [0.05, 0.1) is 5.97 Å². The monoisotopic (exact) mass is 414 g/mol. The summed E-state index contributed by atoms with van der Waals surface area (Å²) >= 11 is 34.8. The van der Waals surface area contributed by atoms with Crippen molar-refractivity contribution in [1.29, 1.82) is 0 Å². The maximum Gasteiger partial charge on any atom is 1.00 e. The Balaban J connectivity index is 0. The molecule has 0 aliphatic rings. The molecule has 0 aliphatic heterocycles. The summed E-state index contributed by atoms with van der Waals surface area (Å²) in [5, 5.41) is 10.8. The Bertz CT molecular complexity index is 296. The van der Waals surface area contributed by atoms with E-state index >= 15 is 0 Å². The molecule has 0 fully saturated rings. The molecule has 0 aromatic rings. The molecule has 0 radical (unpaired) electrons. The standard InChI is InChI=1S/C10H14Cl6O2.K/c1-2-3-4-5-6-8(11,12)10(15,16)9(13,14)7(17)18;/h2-6H2,1H3,(H,17,18);/q;+1/p-1. The van der Waals surface area contributed by atoms with Gasteiger partial charge in [-0.05, 0) is 6.42 Å². The number of rotatable bonds is 8. The van der Waals surface area contributed by atoms with Gasteiger partial charge in [-0.3, -0.25) is 0 Å². The molecule has 0 aliphatic carbocycles. The fourth-order valence-corrected chi connectivity index (χ4v) is 2.70. The van der Waals surface area contributed by atoms with E-state index in [0.29, 0.717) is 6.42 Å². The SMILES string of the molecule is CCCCCCC(Cl)(Cl)C(Cl)(Cl)C(Cl)(Cl)C(=O)[O-].[K+]. The third-order valence-corrected chi connectivity index (χ3v) is 6.26. The van der Waals surface area contributed by atoms with Gasteiger partial charge < -0.3 is 9.90 Å². The van der Waals surface area contributed by atoms with E-state index in [-0.39, 0.29) is 57.8 Å². The molecule has 108 valence electrons. The van der Waals surface area contributed by atoms with Crippen molar-refractivity contribution in [2.24, 2.45) is 0 Å². The summed E-state index contributed by atoms with van der Waals surface area (Å²) in [6.45, 7) is 2.04. The summed E-state index contributed by atoms with van der Waals surface area (Å²) in [6, 6.07) is 0. The van der Waals surface area contributed by atoms with Crippen LogP contribution >= 0.6 is 69.6 Å². The molecule has 0 aromatic heterocycles. The summed E-state index contributed by atoms with van der Waals surface area (Å²) < 4.78 is -6.70. The second-order valence-corrected chi connectivity index (χ2v) is 8.09. The predicted molar refractivity (Wildman–Crippen MR) is 77.1 cm³/mol. The molecule has 0 atom stereocenters. The Morgan fingerprint density at radius 2 is 1.47 bits per heavy atom. The average Bonchev–Trinajstić information content (AvgIpc) is 2.23. The zero-order valence-electron chi connectivity index (χ0n) is 10.6. The van der Waals surface area contributed by atoms with Crippen LogP contribution in [-0.2, 0) is 4.79 Å². The first-order valence-electron chi connectivity index (χ1n) is 5.35. The Hall–Kier alpha value is 2.85. The zero-order chi connectivity index (χ0) is 14.6. The molecular formula is C10H13Cl6KO2. The van der Waals surface area contributed by atoms with E-state index in [2.05, 4.69) is 0 Å². The van der Waals surface area contributed by atoms with Crippen LogP contribution < -0.4 is 56.5 Å². The topological polar surface area (TPSA) is 40.1 Å². The van der Waals surface area contributed by atoms with E-state index in [1.165, 1.54) is 0 Å². The third kappa shape index (κ3) is 6.46. The maximum atomic E-state index is 10.8. The minimum atomic E-state index is -2.61. The van der Waals surface area contributed by atoms with Gasteiger partial charge in [-0.2, -0.15) is 0 Å². The Kier molecular flexibility index (Phi) is 12.5. The molecule has 2 nitrogen and oxygen atoms in total. The van der Waals surface area contributed by atoms with Crippen molar-refractivity contribution in [2.45, 2.75) is 52.0 Å². The van der Waals surface area contributed by atoms with E-state index in [1.807, 2.05) is 6.92 Å². The van der Waals surface area contributed by atoms with Gasteiger partial charge in [0.15, 0.2) is 13.0 Å². The number of carboxylic acid groups (broad SMARTS) is 1. The minimum Gasteiger partial charge on any atom is -0.547 e. The van der Waals surface area contributed by atoms with Crippen LogP contribution in [-0.4, -0.2) is 19.0 Å². The molecule has 0 rings (SSSR count). The van der Waals surface area contributed by atoms with Crippen LogP contribution in [0.25, 0.3) is 0 Å². The summed E-state index contributed by atoms with van der Waals surface area (Å²) in [5.74, 6) is -1.85. The Morgan fingerprint density at radius 3 is 1.84 bits per heavy atom. The first kappa shape index (κ1) is 24.1. The summed E-state index contributed by atoms with van der Waals surface area (Å²) in [7, 11) is 0. The van der Waals surface area contributed by atoms with Gasteiger partial charge in [-0.25, -0.2) is 0 Å². The smallest absolute Gasteiger partial charge is 0.547 e. The van der Waals surface area contributed by atoms with Crippen molar-refractivity contribution in [3.8, 4) is 0 Å². The van der Waals surface area contributed by atoms with Crippen molar-refractivity contribution in [3.63, 3.8) is 0 Å². The number of aliphatic carboxylic acids is 1. The minimum absolute atomic E-state index is 0.